The van der Waals surface area contributed by atoms with E-state index in [1.807, 2.05) is 38.1 Å². The molecule has 0 aliphatic heterocycles. The van der Waals surface area contributed by atoms with Gasteiger partial charge in [-0.1, -0.05) is 36.4 Å². The highest BCUT2D eigenvalue weighted by Gasteiger charge is 2.10. The van der Waals surface area contributed by atoms with E-state index in [9.17, 15) is 13.9 Å². The number of aliphatic imine (C=N–C) groups is 1. The highest BCUT2D eigenvalue weighted by Crippen LogP contribution is 2.19. The van der Waals surface area contributed by atoms with E-state index in [1.54, 1.807) is 12.1 Å². The van der Waals surface area contributed by atoms with Crippen LogP contribution in [0.15, 0.2) is 53.5 Å². The van der Waals surface area contributed by atoms with E-state index in [-0.39, 0.29) is 12.3 Å². The third-order valence-electron chi connectivity index (χ3n) is 4.21. The van der Waals surface area contributed by atoms with E-state index in [2.05, 4.69) is 20.4 Å². The van der Waals surface area contributed by atoms with Gasteiger partial charge in [-0.15, -0.1) is 0 Å². The lowest BCUT2D eigenvalue weighted by Crippen LogP contribution is -2.39. The number of ether oxygens (including phenoxy) is 2. The Labute approximate surface area is 175 Å². The molecule has 0 spiro atoms. The van der Waals surface area contributed by atoms with Crippen LogP contribution in [-0.4, -0.2) is 37.4 Å². The van der Waals surface area contributed by atoms with E-state index in [0.717, 1.165) is 11.1 Å². The summed E-state index contributed by atoms with van der Waals surface area (Å²) in [7, 11) is 0. The average Bonchev–Trinajstić information content (AvgIpc) is 2.75. The van der Waals surface area contributed by atoms with Gasteiger partial charge in [0.15, 0.2) is 5.96 Å². The third-order valence-corrected chi connectivity index (χ3v) is 4.21. The van der Waals surface area contributed by atoms with E-state index in [0.29, 0.717) is 37.8 Å². The van der Waals surface area contributed by atoms with Gasteiger partial charge in [-0.3, -0.25) is 0 Å². The first-order valence-electron chi connectivity index (χ1n) is 9.92. The smallest absolute Gasteiger partial charge is 0.387 e. The molecule has 1 atom stereocenters. The van der Waals surface area contributed by atoms with Crippen molar-refractivity contribution in [1.29, 1.82) is 0 Å². The second kappa shape index (κ2) is 12.8. The summed E-state index contributed by atoms with van der Waals surface area (Å²) in [6.45, 7) is 3.70. The Morgan fingerprint density at radius 1 is 1.00 bits per heavy atom. The molecule has 0 bridgehead atoms. The highest BCUT2D eigenvalue weighted by molar-refractivity contribution is 5.79. The van der Waals surface area contributed by atoms with Gasteiger partial charge in [0.1, 0.15) is 5.75 Å². The Kier molecular flexibility index (Phi) is 10.0. The number of benzene rings is 2. The number of alkyl halides is 2. The molecule has 8 heteroatoms. The monoisotopic (exact) mass is 421 g/mol. The van der Waals surface area contributed by atoms with Crippen molar-refractivity contribution in [2.75, 3.05) is 19.7 Å². The van der Waals surface area contributed by atoms with Crippen LogP contribution in [0.1, 0.15) is 36.6 Å². The molecule has 0 aliphatic carbocycles. The van der Waals surface area contributed by atoms with E-state index in [1.165, 1.54) is 12.1 Å². The Bertz CT molecular complexity index is 768. The van der Waals surface area contributed by atoms with E-state index >= 15 is 0 Å². The molecular weight excluding hydrogens is 392 g/mol. The lowest BCUT2D eigenvalue weighted by molar-refractivity contribution is -0.0498. The van der Waals surface area contributed by atoms with Crippen molar-refractivity contribution in [3.05, 3.63) is 65.2 Å². The summed E-state index contributed by atoms with van der Waals surface area (Å²) < 4.78 is 34.1. The fourth-order valence-electron chi connectivity index (χ4n) is 2.66. The number of nitrogens with zero attached hydrogens (tertiary/aromatic N) is 1. The zero-order chi connectivity index (χ0) is 21.8. The molecular formula is C22H29F2N3O3. The fourth-order valence-corrected chi connectivity index (χ4v) is 2.66. The molecule has 6 nitrogen and oxygen atoms in total. The number of hydrogen-bond donors (Lipinski definition) is 3. The number of rotatable bonds is 11. The molecule has 30 heavy (non-hydrogen) atoms. The summed E-state index contributed by atoms with van der Waals surface area (Å²) >= 11 is 0. The first-order valence-corrected chi connectivity index (χ1v) is 9.92. The van der Waals surface area contributed by atoms with Gasteiger partial charge in [0.25, 0.3) is 0 Å². The zero-order valence-electron chi connectivity index (χ0n) is 17.3. The maximum atomic E-state index is 12.2. The van der Waals surface area contributed by atoms with Crippen LogP contribution < -0.4 is 15.4 Å². The highest BCUT2D eigenvalue weighted by atomic mass is 19.3. The number of halogens is 2. The minimum absolute atomic E-state index is 0.0519. The SMILES string of the molecule is CCNC(=NCc1ccc(COCC)cc1)NCC(O)c1ccc(OC(F)F)cc1. The quantitative estimate of drug-likeness (QED) is 0.382. The minimum Gasteiger partial charge on any atom is -0.435 e. The van der Waals surface area contributed by atoms with Crippen LogP contribution in [0.25, 0.3) is 0 Å². The number of nitrogens with one attached hydrogen (secondary N) is 2. The van der Waals surface area contributed by atoms with E-state index < -0.39 is 12.7 Å². The predicted octanol–water partition coefficient (Wildman–Crippen LogP) is 3.61. The largest absolute Gasteiger partial charge is 0.435 e. The Morgan fingerprint density at radius 2 is 1.67 bits per heavy atom. The molecule has 1 unspecified atom stereocenters. The van der Waals surface area contributed by atoms with Crippen LogP contribution >= 0.6 is 0 Å². The number of guanidine groups is 1. The van der Waals surface area contributed by atoms with Crippen LogP contribution in [0.4, 0.5) is 8.78 Å². The summed E-state index contributed by atoms with van der Waals surface area (Å²) in [5, 5.41) is 16.6. The number of hydrogen-bond acceptors (Lipinski definition) is 4. The van der Waals surface area contributed by atoms with Crippen molar-refractivity contribution in [3.8, 4) is 5.75 Å². The summed E-state index contributed by atoms with van der Waals surface area (Å²) in [6.07, 6.45) is -0.827. The molecule has 3 N–H and O–H groups in total. The van der Waals surface area contributed by atoms with Crippen molar-refractivity contribution in [2.24, 2.45) is 4.99 Å². The van der Waals surface area contributed by atoms with Crippen LogP contribution in [0.2, 0.25) is 0 Å². The normalized spacial score (nSPS) is 12.7. The third kappa shape index (κ3) is 8.34. The van der Waals surface area contributed by atoms with Gasteiger partial charge in [-0.2, -0.15) is 8.78 Å². The Morgan fingerprint density at radius 3 is 2.27 bits per heavy atom. The fraction of sp³-hybridized carbons (Fsp3) is 0.409. The summed E-state index contributed by atoms with van der Waals surface area (Å²) in [5.41, 5.74) is 2.76. The molecule has 2 rings (SSSR count). The van der Waals surface area contributed by atoms with Crippen LogP contribution in [0.5, 0.6) is 5.75 Å². The van der Waals surface area contributed by atoms with Crippen molar-refractivity contribution < 1.29 is 23.4 Å². The lowest BCUT2D eigenvalue weighted by Gasteiger charge is -2.16. The summed E-state index contributed by atoms with van der Waals surface area (Å²) in [6, 6.07) is 14.0. The van der Waals surface area contributed by atoms with Crippen LogP contribution in [-0.2, 0) is 17.9 Å². The maximum Gasteiger partial charge on any atom is 0.387 e. The first kappa shape index (κ1) is 23.6. The molecule has 0 amide bonds. The van der Waals surface area contributed by atoms with Crippen molar-refractivity contribution in [2.45, 2.75) is 39.7 Å². The summed E-state index contributed by atoms with van der Waals surface area (Å²) in [5.74, 6) is 0.628. The molecule has 2 aromatic rings. The van der Waals surface area contributed by atoms with Gasteiger partial charge in [0, 0.05) is 19.7 Å². The van der Waals surface area contributed by atoms with Gasteiger partial charge < -0.3 is 25.2 Å². The van der Waals surface area contributed by atoms with Gasteiger partial charge in [-0.25, -0.2) is 4.99 Å². The minimum atomic E-state index is -2.87. The van der Waals surface area contributed by atoms with E-state index in [4.69, 9.17) is 4.74 Å². The van der Waals surface area contributed by atoms with Gasteiger partial charge in [-0.05, 0) is 42.7 Å². The van der Waals surface area contributed by atoms with Crippen LogP contribution in [0.3, 0.4) is 0 Å². The van der Waals surface area contributed by atoms with Gasteiger partial charge >= 0.3 is 6.61 Å². The van der Waals surface area contributed by atoms with Crippen molar-refractivity contribution >= 4 is 5.96 Å². The molecule has 0 radical (unpaired) electrons. The molecule has 0 heterocycles. The van der Waals surface area contributed by atoms with Gasteiger partial charge in [0.2, 0.25) is 0 Å². The molecule has 0 fully saturated rings. The van der Waals surface area contributed by atoms with Crippen LogP contribution in [0, 0.1) is 0 Å². The lowest BCUT2D eigenvalue weighted by atomic mass is 10.1. The Hall–Kier alpha value is -2.71. The van der Waals surface area contributed by atoms with Crippen molar-refractivity contribution in [3.63, 3.8) is 0 Å². The first-order chi connectivity index (χ1) is 14.5. The molecule has 0 aromatic heterocycles. The van der Waals surface area contributed by atoms with Gasteiger partial charge in [0.05, 0.1) is 19.3 Å². The topological polar surface area (TPSA) is 75.1 Å². The predicted molar refractivity (Wildman–Crippen MR) is 113 cm³/mol. The second-order valence-corrected chi connectivity index (χ2v) is 6.49. The molecule has 0 aliphatic rings. The molecule has 0 saturated heterocycles. The standard InChI is InChI=1S/C22H29F2N3O3/c1-3-25-22(26-13-16-5-7-17(8-6-16)15-29-4-2)27-14-20(28)18-9-11-19(12-10-18)30-21(23)24/h5-12,20-21,28H,3-4,13-15H2,1-2H3,(H2,25,26,27). The number of aliphatic hydroxyl groups is 1. The summed E-state index contributed by atoms with van der Waals surface area (Å²) in [4.78, 5) is 4.54. The zero-order valence-corrected chi connectivity index (χ0v) is 17.3. The molecule has 0 saturated carbocycles. The molecule has 2 aromatic carbocycles. The van der Waals surface area contributed by atoms with Crippen molar-refractivity contribution in [1.82, 2.24) is 10.6 Å². The number of aliphatic hydroxyl groups excluding tert-OH is 1. The maximum absolute atomic E-state index is 12.2. The average molecular weight is 421 g/mol. The Balaban J connectivity index is 1.89. The second-order valence-electron chi connectivity index (χ2n) is 6.49. The molecule has 164 valence electrons.